The SMILES string of the molecule is NNc1noc2ccccc12. The third-order valence-corrected chi connectivity index (χ3v) is 1.51. The highest BCUT2D eigenvalue weighted by Gasteiger charge is 2.03. The number of para-hydroxylation sites is 1. The first-order valence-electron chi connectivity index (χ1n) is 3.23. The van der Waals surface area contributed by atoms with Gasteiger partial charge < -0.3 is 9.95 Å². The number of nitrogens with zero attached hydrogens (tertiary/aromatic N) is 1. The lowest BCUT2D eigenvalue weighted by Gasteiger charge is -1.89. The lowest BCUT2D eigenvalue weighted by atomic mass is 10.2. The third-order valence-electron chi connectivity index (χ3n) is 1.51. The molecular formula is C7H7N3O. The van der Waals surface area contributed by atoms with Crippen LogP contribution in [-0.2, 0) is 0 Å². The number of nitrogens with two attached hydrogens (primary N) is 1. The van der Waals surface area contributed by atoms with Crippen molar-refractivity contribution in [1.29, 1.82) is 0 Å². The van der Waals surface area contributed by atoms with Crippen LogP contribution in [0.25, 0.3) is 11.0 Å². The zero-order chi connectivity index (χ0) is 7.68. The number of nitrogen functional groups attached to an aromatic ring is 1. The predicted molar refractivity (Wildman–Crippen MR) is 41.8 cm³/mol. The maximum atomic E-state index is 5.19. The van der Waals surface area contributed by atoms with E-state index < -0.39 is 0 Å². The molecule has 0 saturated heterocycles. The average Bonchev–Trinajstić information content (AvgIpc) is 2.47. The highest BCUT2D eigenvalue weighted by Crippen LogP contribution is 2.20. The Morgan fingerprint density at radius 3 is 3.00 bits per heavy atom. The molecule has 0 spiro atoms. The van der Waals surface area contributed by atoms with Gasteiger partial charge in [0.2, 0.25) is 0 Å². The van der Waals surface area contributed by atoms with Crippen LogP contribution in [0.1, 0.15) is 0 Å². The van der Waals surface area contributed by atoms with Gasteiger partial charge in [-0.25, -0.2) is 5.84 Å². The number of hydrazine groups is 1. The monoisotopic (exact) mass is 149 g/mol. The van der Waals surface area contributed by atoms with E-state index in [0.717, 1.165) is 11.0 Å². The Balaban J connectivity index is 2.76. The van der Waals surface area contributed by atoms with Gasteiger partial charge in [-0.2, -0.15) is 0 Å². The summed E-state index contributed by atoms with van der Waals surface area (Å²) >= 11 is 0. The molecule has 0 bridgehead atoms. The van der Waals surface area contributed by atoms with Gasteiger partial charge in [0.1, 0.15) is 0 Å². The van der Waals surface area contributed by atoms with Crippen molar-refractivity contribution in [1.82, 2.24) is 5.16 Å². The lowest BCUT2D eigenvalue weighted by molar-refractivity contribution is 0.459. The Hall–Kier alpha value is -1.55. The zero-order valence-electron chi connectivity index (χ0n) is 5.74. The van der Waals surface area contributed by atoms with Gasteiger partial charge in [0.05, 0.1) is 5.39 Å². The lowest BCUT2D eigenvalue weighted by Crippen LogP contribution is -2.06. The van der Waals surface area contributed by atoms with Crippen molar-refractivity contribution in [3.8, 4) is 0 Å². The molecule has 56 valence electrons. The molecule has 11 heavy (non-hydrogen) atoms. The Bertz CT molecular complexity index is 368. The number of fused-ring (bicyclic) bond motifs is 1. The van der Waals surface area contributed by atoms with Crippen molar-refractivity contribution in [3.05, 3.63) is 24.3 Å². The second kappa shape index (κ2) is 2.25. The van der Waals surface area contributed by atoms with E-state index in [1.807, 2.05) is 24.3 Å². The Morgan fingerprint density at radius 1 is 1.36 bits per heavy atom. The predicted octanol–water partition coefficient (Wildman–Crippen LogP) is 1.11. The van der Waals surface area contributed by atoms with Gasteiger partial charge in [0, 0.05) is 0 Å². The minimum atomic E-state index is 0.570. The van der Waals surface area contributed by atoms with Gasteiger partial charge in [0.25, 0.3) is 0 Å². The van der Waals surface area contributed by atoms with Crippen molar-refractivity contribution in [2.24, 2.45) is 5.84 Å². The second-order valence-corrected chi connectivity index (χ2v) is 2.17. The third kappa shape index (κ3) is 0.841. The van der Waals surface area contributed by atoms with Crippen molar-refractivity contribution >= 4 is 16.8 Å². The number of aromatic nitrogens is 1. The van der Waals surface area contributed by atoms with Crippen LogP contribution in [0.5, 0.6) is 0 Å². The van der Waals surface area contributed by atoms with Crippen molar-refractivity contribution in [3.63, 3.8) is 0 Å². The van der Waals surface area contributed by atoms with E-state index in [1.54, 1.807) is 0 Å². The van der Waals surface area contributed by atoms with E-state index in [0.29, 0.717) is 5.82 Å². The zero-order valence-corrected chi connectivity index (χ0v) is 5.74. The summed E-state index contributed by atoms with van der Waals surface area (Å²) in [5, 5.41) is 4.60. The van der Waals surface area contributed by atoms with Crippen LogP contribution >= 0.6 is 0 Å². The molecule has 0 aliphatic heterocycles. The van der Waals surface area contributed by atoms with Crippen molar-refractivity contribution in [2.75, 3.05) is 5.43 Å². The molecule has 0 aliphatic rings. The molecule has 1 aromatic heterocycles. The number of rotatable bonds is 1. The molecule has 0 saturated carbocycles. The number of hydrogen-bond acceptors (Lipinski definition) is 4. The van der Waals surface area contributed by atoms with Crippen LogP contribution < -0.4 is 11.3 Å². The molecule has 4 heteroatoms. The number of anilines is 1. The fourth-order valence-electron chi connectivity index (χ4n) is 0.990. The maximum Gasteiger partial charge on any atom is 0.191 e. The van der Waals surface area contributed by atoms with Crippen LogP contribution in [-0.4, -0.2) is 5.16 Å². The average molecular weight is 149 g/mol. The minimum absolute atomic E-state index is 0.570. The van der Waals surface area contributed by atoms with E-state index >= 15 is 0 Å². The summed E-state index contributed by atoms with van der Waals surface area (Å²) in [6, 6.07) is 7.51. The molecule has 2 aromatic rings. The van der Waals surface area contributed by atoms with Gasteiger partial charge in [-0.3, -0.25) is 0 Å². The molecule has 0 unspecified atom stereocenters. The van der Waals surface area contributed by atoms with E-state index in [9.17, 15) is 0 Å². The van der Waals surface area contributed by atoms with Crippen molar-refractivity contribution < 1.29 is 4.52 Å². The smallest absolute Gasteiger partial charge is 0.191 e. The molecule has 0 atom stereocenters. The summed E-state index contributed by atoms with van der Waals surface area (Å²) < 4.78 is 4.95. The van der Waals surface area contributed by atoms with Crippen LogP contribution in [0.4, 0.5) is 5.82 Å². The van der Waals surface area contributed by atoms with Crippen LogP contribution in [0, 0.1) is 0 Å². The quantitative estimate of drug-likeness (QED) is 0.471. The van der Waals surface area contributed by atoms with Gasteiger partial charge in [-0.15, -0.1) is 0 Å². The second-order valence-electron chi connectivity index (χ2n) is 2.17. The normalized spacial score (nSPS) is 10.3. The van der Waals surface area contributed by atoms with Crippen LogP contribution in [0.3, 0.4) is 0 Å². The minimum Gasteiger partial charge on any atom is -0.354 e. The number of benzene rings is 1. The highest BCUT2D eigenvalue weighted by atomic mass is 16.5. The van der Waals surface area contributed by atoms with Crippen LogP contribution in [0.15, 0.2) is 28.8 Å². The summed E-state index contributed by atoms with van der Waals surface area (Å²) in [5.41, 5.74) is 3.18. The molecule has 0 fully saturated rings. The van der Waals surface area contributed by atoms with E-state index in [1.165, 1.54) is 0 Å². The van der Waals surface area contributed by atoms with Crippen LogP contribution in [0.2, 0.25) is 0 Å². The Morgan fingerprint density at radius 2 is 2.18 bits per heavy atom. The fraction of sp³-hybridized carbons (Fsp3) is 0. The van der Waals surface area contributed by atoms with Gasteiger partial charge in [0.15, 0.2) is 11.4 Å². The fourth-order valence-corrected chi connectivity index (χ4v) is 0.990. The summed E-state index contributed by atoms with van der Waals surface area (Å²) in [5.74, 6) is 5.76. The molecule has 0 aliphatic carbocycles. The molecule has 3 N–H and O–H groups in total. The first kappa shape index (κ1) is 6.18. The molecular weight excluding hydrogens is 142 g/mol. The molecule has 4 nitrogen and oxygen atoms in total. The summed E-state index contributed by atoms with van der Waals surface area (Å²) in [7, 11) is 0. The van der Waals surface area contributed by atoms with Gasteiger partial charge in [-0.05, 0) is 12.1 Å². The largest absolute Gasteiger partial charge is 0.354 e. The molecule has 1 heterocycles. The number of hydrogen-bond donors (Lipinski definition) is 2. The molecule has 0 amide bonds. The number of nitrogens with one attached hydrogen (secondary N) is 1. The Labute approximate surface area is 62.9 Å². The first-order valence-corrected chi connectivity index (χ1v) is 3.23. The van der Waals surface area contributed by atoms with E-state index in [-0.39, 0.29) is 0 Å². The molecule has 1 aromatic carbocycles. The summed E-state index contributed by atoms with van der Waals surface area (Å²) in [6.07, 6.45) is 0. The summed E-state index contributed by atoms with van der Waals surface area (Å²) in [6.45, 7) is 0. The first-order chi connectivity index (χ1) is 5.42. The standard InChI is InChI=1S/C7H7N3O/c8-9-7-5-3-1-2-4-6(5)11-10-7/h1-4H,8H2,(H,9,10). The van der Waals surface area contributed by atoms with Gasteiger partial charge >= 0.3 is 0 Å². The van der Waals surface area contributed by atoms with Gasteiger partial charge in [-0.1, -0.05) is 17.3 Å². The van der Waals surface area contributed by atoms with E-state index in [2.05, 4.69) is 10.6 Å². The van der Waals surface area contributed by atoms with E-state index in [4.69, 9.17) is 10.4 Å². The molecule has 0 radical (unpaired) electrons. The topological polar surface area (TPSA) is 64.1 Å². The molecule has 2 rings (SSSR count). The highest BCUT2D eigenvalue weighted by molar-refractivity contribution is 5.87. The Kier molecular flexibility index (Phi) is 1.26. The maximum absolute atomic E-state index is 5.19. The van der Waals surface area contributed by atoms with Crippen molar-refractivity contribution in [2.45, 2.75) is 0 Å². The summed E-state index contributed by atoms with van der Waals surface area (Å²) in [4.78, 5) is 0.